The van der Waals surface area contributed by atoms with Gasteiger partial charge in [0.2, 0.25) is 0 Å². The Kier molecular flexibility index (Phi) is 5.37. The van der Waals surface area contributed by atoms with Crippen LogP contribution in [-0.4, -0.2) is 35.2 Å². The Hall–Kier alpha value is -2.05. The summed E-state index contributed by atoms with van der Waals surface area (Å²) in [4.78, 5) is 16.6. The first-order valence-electron chi connectivity index (χ1n) is 8.05. The van der Waals surface area contributed by atoms with Crippen molar-refractivity contribution in [2.75, 3.05) is 25.2 Å². The summed E-state index contributed by atoms with van der Waals surface area (Å²) in [6.07, 6.45) is 3.55. The highest BCUT2D eigenvalue weighted by atomic mass is 32.1. The molecule has 1 aromatic carbocycles. The second kappa shape index (κ2) is 7.68. The molecule has 2 aromatic heterocycles. The number of hydrogen-bond donors (Lipinski definition) is 0. The zero-order valence-corrected chi connectivity index (χ0v) is 15.1. The number of methoxy groups -OCH3 is 1. The van der Waals surface area contributed by atoms with Crippen molar-refractivity contribution in [3.63, 3.8) is 0 Å². The molecule has 0 bridgehead atoms. The van der Waals surface area contributed by atoms with E-state index < -0.39 is 0 Å². The van der Waals surface area contributed by atoms with Gasteiger partial charge in [0.25, 0.3) is 0 Å². The second-order valence-corrected chi connectivity index (χ2v) is 6.98. The number of rotatable bonds is 7. The Balaban J connectivity index is 2.03. The van der Waals surface area contributed by atoms with E-state index in [4.69, 9.17) is 4.74 Å². The van der Waals surface area contributed by atoms with Gasteiger partial charge in [-0.05, 0) is 23.6 Å². The van der Waals surface area contributed by atoms with Crippen LogP contribution in [0.5, 0.6) is 0 Å². The van der Waals surface area contributed by atoms with Gasteiger partial charge in [-0.3, -0.25) is 4.98 Å². The molecule has 0 fully saturated rings. The molecular weight excluding hydrogens is 320 g/mol. The summed E-state index contributed by atoms with van der Waals surface area (Å²) < 4.78 is 5.29. The van der Waals surface area contributed by atoms with Gasteiger partial charge in [0.1, 0.15) is 12.1 Å². The quantitative estimate of drug-likeness (QED) is 0.652. The Bertz CT molecular complexity index is 789. The minimum atomic E-state index is 0.469. The van der Waals surface area contributed by atoms with Crippen molar-refractivity contribution in [2.45, 2.75) is 26.3 Å². The van der Waals surface area contributed by atoms with Gasteiger partial charge in [0.15, 0.2) is 0 Å². The van der Waals surface area contributed by atoms with Gasteiger partial charge in [0, 0.05) is 30.1 Å². The number of ether oxygens (including phenoxy) is 1. The van der Waals surface area contributed by atoms with E-state index in [1.54, 1.807) is 24.8 Å². The summed E-state index contributed by atoms with van der Waals surface area (Å²) in [6.45, 7) is 6.59. The molecule has 6 heteroatoms. The van der Waals surface area contributed by atoms with Gasteiger partial charge in [-0.1, -0.05) is 19.9 Å². The van der Waals surface area contributed by atoms with Crippen LogP contribution in [0.15, 0.2) is 36.2 Å². The van der Waals surface area contributed by atoms with E-state index in [0.29, 0.717) is 12.5 Å². The zero-order chi connectivity index (χ0) is 16.9. The standard InChI is InChI=1S/C18H22N4OS/c1-13(2)14-4-5-17-16(8-14)18(21-11-20-17)22(6-7-23-3)10-15-9-19-12-24-15/h4-5,8-9,11-13H,6-7,10H2,1-3H3. The van der Waals surface area contributed by atoms with Gasteiger partial charge in [-0.15, -0.1) is 11.3 Å². The third-order valence-corrected chi connectivity index (χ3v) is 4.76. The predicted octanol–water partition coefficient (Wildman–Crippen LogP) is 3.86. The van der Waals surface area contributed by atoms with Crippen LogP contribution in [0.4, 0.5) is 5.82 Å². The fourth-order valence-corrected chi connectivity index (χ4v) is 3.25. The maximum Gasteiger partial charge on any atom is 0.140 e. The van der Waals surface area contributed by atoms with E-state index in [9.17, 15) is 0 Å². The number of thiazole rings is 1. The maximum absolute atomic E-state index is 5.29. The molecule has 126 valence electrons. The maximum atomic E-state index is 5.29. The Morgan fingerprint density at radius 3 is 2.83 bits per heavy atom. The van der Waals surface area contributed by atoms with Crippen molar-refractivity contribution < 1.29 is 4.74 Å². The highest BCUT2D eigenvalue weighted by Crippen LogP contribution is 2.28. The molecule has 0 saturated carbocycles. The Labute approximate surface area is 146 Å². The summed E-state index contributed by atoms with van der Waals surface area (Å²) in [5.74, 6) is 1.42. The lowest BCUT2D eigenvalue weighted by atomic mass is 10.0. The third kappa shape index (κ3) is 3.71. The van der Waals surface area contributed by atoms with Crippen LogP contribution in [0.3, 0.4) is 0 Å². The van der Waals surface area contributed by atoms with Crippen LogP contribution in [-0.2, 0) is 11.3 Å². The fraction of sp³-hybridized carbons (Fsp3) is 0.389. The minimum Gasteiger partial charge on any atom is -0.383 e. The monoisotopic (exact) mass is 342 g/mol. The Morgan fingerprint density at radius 1 is 1.25 bits per heavy atom. The number of aromatic nitrogens is 3. The van der Waals surface area contributed by atoms with Gasteiger partial charge < -0.3 is 9.64 Å². The van der Waals surface area contributed by atoms with Crippen LogP contribution in [0.1, 0.15) is 30.2 Å². The van der Waals surface area contributed by atoms with E-state index in [1.807, 2.05) is 11.7 Å². The number of anilines is 1. The summed E-state index contributed by atoms with van der Waals surface area (Å²) in [5, 5.41) is 1.09. The molecule has 0 radical (unpaired) electrons. The molecule has 2 heterocycles. The van der Waals surface area contributed by atoms with E-state index >= 15 is 0 Å². The van der Waals surface area contributed by atoms with Crippen LogP contribution < -0.4 is 4.90 Å². The largest absolute Gasteiger partial charge is 0.383 e. The summed E-state index contributed by atoms with van der Waals surface area (Å²) >= 11 is 1.66. The summed E-state index contributed by atoms with van der Waals surface area (Å²) in [6, 6.07) is 6.44. The molecule has 0 N–H and O–H groups in total. The Morgan fingerprint density at radius 2 is 2.12 bits per heavy atom. The first kappa shape index (κ1) is 16.8. The number of nitrogens with zero attached hydrogens (tertiary/aromatic N) is 4. The molecule has 5 nitrogen and oxygen atoms in total. The number of fused-ring (bicyclic) bond motifs is 1. The van der Waals surface area contributed by atoms with Gasteiger partial charge in [-0.25, -0.2) is 9.97 Å². The SMILES string of the molecule is COCCN(Cc1cncs1)c1ncnc2ccc(C(C)C)cc12. The molecule has 3 rings (SSSR count). The van der Waals surface area contributed by atoms with Crippen molar-refractivity contribution in [1.29, 1.82) is 0 Å². The van der Waals surface area contributed by atoms with Crippen LogP contribution in [0, 0.1) is 0 Å². The van der Waals surface area contributed by atoms with Gasteiger partial charge in [-0.2, -0.15) is 0 Å². The number of benzene rings is 1. The molecule has 24 heavy (non-hydrogen) atoms. The molecule has 0 saturated heterocycles. The van der Waals surface area contributed by atoms with Gasteiger partial charge >= 0.3 is 0 Å². The molecule has 0 unspecified atom stereocenters. The van der Waals surface area contributed by atoms with E-state index in [0.717, 1.165) is 29.8 Å². The highest BCUT2D eigenvalue weighted by Gasteiger charge is 2.15. The lowest BCUT2D eigenvalue weighted by Gasteiger charge is -2.24. The molecule has 0 atom stereocenters. The molecule has 3 aromatic rings. The van der Waals surface area contributed by atoms with Crippen molar-refractivity contribution >= 4 is 28.1 Å². The average molecular weight is 342 g/mol. The predicted molar refractivity (Wildman–Crippen MR) is 98.7 cm³/mol. The summed E-state index contributed by atoms with van der Waals surface area (Å²) in [7, 11) is 1.72. The van der Waals surface area contributed by atoms with Crippen molar-refractivity contribution in [1.82, 2.24) is 15.0 Å². The lowest BCUT2D eigenvalue weighted by Crippen LogP contribution is -2.27. The molecule has 0 aliphatic carbocycles. The average Bonchev–Trinajstić information content (AvgIpc) is 3.10. The number of hydrogen-bond acceptors (Lipinski definition) is 6. The van der Waals surface area contributed by atoms with Crippen LogP contribution >= 0.6 is 11.3 Å². The van der Waals surface area contributed by atoms with E-state index in [1.165, 1.54) is 10.4 Å². The molecular formula is C18H22N4OS. The minimum absolute atomic E-state index is 0.469. The van der Waals surface area contributed by atoms with Crippen molar-refractivity contribution in [3.05, 3.63) is 46.7 Å². The van der Waals surface area contributed by atoms with Gasteiger partial charge in [0.05, 0.1) is 24.2 Å². The zero-order valence-electron chi connectivity index (χ0n) is 14.3. The molecule has 0 aliphatic heterocycles. The van der Waals surface area contributed by atoms with Crippen LogP contribution in [0.2, 0.25) is 0 Å². The normalized spacial score (nSPS) is 11.3. The first-order valence-corrected chi connectivity index (χ1v) is 8.93. The van der Waals surface area contributed by atoms with Crippen molar-refractivity contribution in [2.24, 2.45) is 0 Å². The topological polar surface area (TPSA) is 51.1 Å². The summed E-state index contributed by atoms with van der Waals surface area (Å²) in [5.41, 5.74) is 4.12. The third-order valence-electron chi connectivity index (χ3n) is 4.00. The molecule has 0 amide bonds. The van der Waals surface area contributed by atoms with Crippen LogP contribution in [0.25, 0.3) is 10.9 Å². The van der Waals surface area contributed by atoms with E-state index in [-0.39, 0.29) is 0 Å². The molecule has 0 aliphatic rings. The van der Waals surface area contributed by atoms with Crippen molar-refractivity contribution in [3.8, 4) is 0 Å². The fourth-order valence-electron chi connectivity index (χ4n) is 2.64. The first-order chi connectivity index (χ1) is 11.7. The second-order valence-electron chi connectivity index (χ2n) is 6.01. The lowest BCUT2D eigenvalue weighted by molar-refractivity contribution is 0.205. The van der Waals surface area contributed by atoms with E-state index in [2.05, 4.69) is 51.9 Å². The molecule has 0 spiro atoms. The smallest absolute Gasteiger partial charge is 0.140 e. The highest BCUT2D eigenvalue weighted by molar-refractivity contribution is 7.09.